The zero-order valence-corrected chi connectivity index (χ0v) is 17.2. The lowest BCUT2D eigenvalue weighted by molar-refractivity contribution is -0.137. The van der Waals surface area contributed by atoms with Crippen LogP contribution in [0.3, 0.4) is 0 Å². The predicted molar refractivity (Wildman–Crippen MR) is 109 cm³/mol. The van der Waals surface area contributed by atoms with Crippen LogP contribution in [0.25, 0.3) is 5.69 Å². The molecule has 2 aliphatic heterocycles. The van der Waals surface area contributed by atoms with Crippen LogP contribution in [0.4, 0.5) is 19.0 Å². The molecule has 0 radical (unpaired) electrons. The summed E-state index contributed by atoms with van der Waals surface area (Å²) < 4.78 is 45.5. The molecule has 1 aromatic carbocycles. The highest BCUT2D eigenvalue weighted by molar-refractivity contribution is 5.45. The smallest absolute Gasteiger partial charge is 0.379 e. The lowest BCUT2D eigenvalue weighted by Crippen LogP contribution is -2.49. The van der Waals surface area contributed by atoms with E-state index in [0.29, 0.717) is 5.69 Å². The number of aromatic nitrogens is 2. The monoisotopic (exact) mass is 423 g/mol. The second kappa shape index (κ2) is 8.95. The minimum atomic E-state index is -4.33. The van der Waals surface area contributed by atoms with E-state index in [4.69, 9.17) is 4.74 Å². The normalized spacial score (nSPS) is 19.4. The molecular weight excluding hydrogens is 395 g/mol. The quantitative estimate of drug-likeness (QED) is 0.739. The molecule has 0 N–H and O–H groups in total. The van der Waals surface area contributed by atoms with E-state index in [-0.39, 0.29) is 0 Å². The topological polar surface area (TPSA) is 36.8 Å². The van der Waals surface area contributed by atoms with Gasteiger partial charge in [-0.1, -0.05) is 0 Å². The highest BCUT2D eigenvalue weighted by atomic mass is 19.4. The molecule has 2 aliphatic rings. The summed E-state index contributed by atoms with van der Waals surface area (Å²) in [6.07, 6.45) is -4.33. The van der Waals surface area contributed by atoms with Crippen LogP contribution in [-0.4, -0.2) is 85.2 Å². The van der Waals surface area contributed by atoms with E-state index < -0.39 is 11.7 Å². The van der Waals surface area contributed by atoms with Crippen LogP contribution in [0.2, 0.25) is 0 Å². The molecule has 4 rings (SSSR count). The number of nitrogens with zero attached hydrogens (tertiary/aromatic N) is 5. The van der Waals surface area contributed by atoms with Crippen molar-refractivity contribution in [2.24, 2.45) is 0 Å². The molecule has 0 atom stereocenters. The van der Waals surface area contributed by atoms with Gasteiger partial charge in [-0.2, -0.15) is 18.3 Å². The van der Waals surface area contributed by atoms with Gasteiger partial charge < -0.3 is 9.64 Å². The summed E-state index contributed by atoms with van der Waals surface area (Å²) in [6.45, 7) is 11.5. The van der Waals surface area contributed by atoms with E-state index in [1.54, 1.807) is 4.68 Å². The van der Waals surface area contributed by atoms with Gasteiger partial charge in [-0.05, 0) is 31.2 Å². The largest absolute Gasteiger partial charge is 0.416 e. The average Bonchev–Trinajstić information content (AvgIpc) is 3.14. The predicted octanol–water partition coefficient (Wildman–Crippen LogP) is 2.65. The maximum Gasteiger partial charge on any atom is 0.416 e. The van der Waals surface area contributed by atoms with Crippen molar-refractivity contribution < 1.29 is 17.9 Å². The summed E-state index contributed by atoms with van der Waals surface area (Å²) in [4.78, 5) is 7.18. The molecule has 0 unspecified atom stereocenters. The van der Waals surface area contributed by atoms with Crippen LogP contribution in [-0.2, 0) is 10.9 Å². The Kier molecular flexibility index (Phi) is 6.31. The standard InChI is InChI=1S/C21H28F3N5O/c1-17-16-20(25-29(17)19-4-2-18(3-5-19)21(22,23)24)28-10-8-26(9-11-28)6-7-27-12-14-30-15-13-27/h2-5,16H,6-15H2,1H3. The minimum absolute atomic E-state index is 0.635. The fraction of sp³-hybridized carbons (Fsp3) is 0.571. The number of piperazine rings is 1. The summed E-state index contributed by atoms with van der Waals surface area (Å²) in [5.41, 5.74) is 0.889. The van der Waals surface area contributed by atoms with Gasteiger partial charge in [0.05, 0.1) is 24.5 Å². The first-order valence-corrected chi connectivity index (χ1v) is 10.4. The Morgan fingerprint density at radius 3 is 2.10 bits per heavy atom. The van der Waals surface area contributed by atoms with Crippen LogP contribution in [0.5, 0.6) is 0 Å². The van der Waals surface area contributed by atoms with E-state index in [0.717, 1.165) is 89.2 Å². The highest BCUT2D eigenvalue weighted by Crippen LogP contribution is 2.30. The van der Waals surface area contributed by atoms with Gasteiger partial charge in [-0.3, -0.25) is 9.80 Å². The zero-order valence-electron chi connectivity index (χ0n) is 17.2. The first-order valence-electron chi connectivity index (χ1n) is 10.4. The van der Waals surface area contributed by atoms with E-state index in [1.165, 1.54) is 12.1 Å². The molecule has 0 saturated carbocycles. The lowest BCUT2D eigenvalue weighted by atomic mass is 10.2. The van der Waals surface area contributed by atoms with Crippen molar-refractivity contribution in [3.63, 3.8) is 0 Å². The summed E-state index contributed by atoms with van der Waals surface area (Å²) in [7, 11) is 0. The average molecular weight is 423 g/mol. The van der Waals surface area contributed by atoms with Crippen molar-refractivity contribution in [1.82, 2.24) is 19.6 Å². The molecule has 0 aliphatic carbocycles. The number of aryl methyl sites for hydroxylation is 1. The molecule has 2 fully saturated rings. The van der Waals surface area contributed by atoms with Crippen LogP contribution in [0.1, 0.15) is 11.3 Å². The maximum absolute atomic E-state index is 12.8. The number of hydrogen-bond acceptors (Lipinski definition) is 5. The second-order valence-corrected chi connectivity index (χ2v) is 7.88. The van der Waals surface area contributed by atoms with Gasteiger partial charge in [0.1, 0.15) is 0 Å². The highest BCUT2D eigenvalue weighted by Gasteiger charge is 2.30. The molecule has 0 bridgehead atoms. The molecule has 3 heterocycles. The van der Waals surface area contributed by atoms with Crippen molar-refractivity contribution in [3.8, 4) is 5.69 Å². The van der Waals surface area contributed by atoms with Crippen molar-refractivity contribution in [1.29, 1.82) is 0 Å². The van der Waals surface area contributed by atoms with E-state index >= 15 is 0 Å². The fourth-order valence-corrected chi connectivity index (χ4v) is 3.97. The van der Waals surface area contributed by atoms with E-state index in [9.17, 15) is 13.2 Å². The number of benzene rings is 1. The third-order valence-electron chi connectivity index (χ3n) is 5.85. The number of anilines is 1. The third kappa shape index (κ3) is 4.96. The minimum Gasteiger partial charge on any atom is -0.379 e. The summed E-state index contributed by atoms with van der Waals surface area (Å²) in [6, 6.07) is 7.14. The molecule has 30 heavy (non-hydrogen) atoms. The van der Waals surface area contributed by atoms with Crippen molar-refractivity contribution in [2.75, 3.05) is 70.5 Å². The Bertz CT molecular complexity index is 822. The summed E-state index contributed by atoms with van der Waals surface area (Å²) >= 11 is 0. The van der Waals surface area contributed by atoms with Gasteiger partial charge in [0.15, 0.2) is 5.82 Å². The maximum atomic E-state index is 12.8. The first kappa shape index (κ1) is 21.1. The molecule has 1 aromatic heterocycles. The Labute approximate surface area is 174 Å². The molecule has 2 aromatic rings. The van der Waals surface area contributed by atoms with Crippen LogP contribution >= 0.6 is 0 Å². The van der Waals surface area contributed by atoms with Gasteiger partial charge in [0.2, 0.25) is 0 Å². The molecular formula is C21H28F3N5O. The lowest BCUT2D eigenvalue weighted by Gasteiger charge is -2.36. The summed E-state index contributed by atoms with van der Waals surface area (Å²) in [5.74, 6) is 0.875. The Morgan fingerprint density at radius 2 is 1.50 bits per heavy atom. The van der Waals surface area contributed by atoms with Crippen LogP contribution in [0.15, 0.2) is 30.3 Å². The van der Waals surface area contributed by atoms with Crippen LogP contribution in [0, 0.1) is 6.92 Å². The molecule has 9 heteroatoms. The van der Waals surface area contributed by atoms with E-state index in [2.05, 4.69) is 19.8 Å². The number of halogens is 3. The molecule has 0 spiro atoms. The SMILES string of the molecule is Cc1cc(N2CCN(CCN3CCOCC3)CC2)nn1-c1ccc(C(F)(F)F)cc1. The van der Waals surface area contributed by atoms with Gasteiger partial charge in [-0.15, -0.1) is 0 Å². The molecule has 2 saturated heterocycles. The van der Waals surface area contributed by atoms with Gasteiger partial charge >= 0.3 is 6.18 Å². The van der Waals surface area contributed by atoms with Crippen molar-refractivity contribution >= 4 is 5.82 Å². The van der Waals surface area contributed by atoms with Crippen LogP contribution < -0.4 is 4.90 Å². The zero-order chi connectivity index (χ0) is 21.1. The Hall–Kier alpha value is -2.10. The number of morpholine rings is 1. The summed E-state index contributed by atoms with van der Waals surface area (Å²) in [5, 5.41) is 4.66. The number of ether oxygens (including phenoxy) is 1. The third-order valence-corrected chi connectivity index (χ3v) is 5.85. The fourth-order valence-electron chi connectivity index (χ4n) is 3.97. The number of hydrogen-bond donors (Lipinski definition) is 0. The van der Waals surface area contributed by atoms with Crippen molar-refractivity contribution in [2.45, 2.75) is 13.1 Å². The second-order valence-electron chi connectivity index (χ2n) is 7.88. The van der Waals surface area contributed by atoms with E-state index in [1.807, 2.05) is 13.0 Å². The Morgan fingerprint density at radius 1 is 0.900 bits per heavy atom. The Balaban J connectivity index is 1.33. The number of alkyl halides is 3. The van der Waals surface area contributed by atoms with Crippen molar-refractivity contribution in [3.05, 3.63) is 41.6 Å². The number of rotatable bonds is 5. The first-order chi connectivity index (χ1) is 14.4. The molecule has 6 nitrogen and oxygen atoms in total. The van der Waals surface area contributed by atoms with Gasteiger partial charge in [0, 0.05) is 64.1 Å². The molecule has 0 amide bonds. The molecule has 164 valence electrons. The van der Waals surface area contributed by atoms with Gasteiger partial charge in [-0.25, -0.2) is 4.68 Å². The van der Waals surface area contributed by atoms with Gasteiger partial charge in [0.25, 0.3) is 0 Å².